The van der Waals surface area contributed by atoms with Crippen molar-refractivity contribution in [1.82, 2.24) is 15.2 Å². The number of nitrogens with zero attached hydrogens (tertiary/aromatic N) is 3. The van der Waals surface area contributed by atoms with E-state index in [9.17, 15) is 9.59 Å². The Balaban J connectivity index is 1.49. The van der Waals surface area contributed by atoms with E-state index in [-0.39, 0.29) is 17.7 Å². The fourth-order valence-corrected chi connectivity index (χ4v) is 4.29. The van der Waals surface area contributed by atoms with Gasteiger partial charge in [0.05, 0.1) is 11.3 Å². The Labute approximate surface area is 195 Å². The minimum absolute atomic E-state index is 0.0226. The fourth-order valence-electron chi connectivity index (χ4n) is 4.29. The third-order valence-electron chi connectivity index (χ3n) is 6.08. The molecule has 0 spiro atoms. The SMILES string of the molecule is CN(C)c1cccc(C(=O)N2CCC[C@H](c3ncccc3C(=O)NCc3ccccc3)C2)c1. The molecule has 6 heteroatoms. The molecule has 0 saturated carbocycles. The maximum atomic E-state index is 13.2. The molecule has 1 atom stereocenters. The number of pyridine rings is 1. The Hall–Kier alpha value is -3.67. The van der Waals surface area contributed by atoms with Crippen LogP contribution in [0.25, 0.3) is 0 Å². The zero-order valence-corrected chi connectivity index (χ0v) is 19.2. The Morgan fingerprint density at radius 3 is 2.67 bits per heavy atom. The van der Waals surface area contributed by atoms with Crippen molar-refractivity contribution in [3.63, 3.8) is 0 Å². The molecule has 3 aromatic rings. The average Bonchev–Trinajstić information content (AvgIpc) is 2.87. The van der Waals surface area contributed by atoms with E-state index >= 15 is 0 Å². The van der Waals surface area contributed by atoms with E-state index in [4.69, 9.17) is 0 Å². The molecular formula is C27H30N4O2. The first-order valence-corrected chi connectivity index (χ1v) is 11.4. The number of piperidine rings is 1. The summed E-state index contributed by atoms with van der Waals surface area (Å²) in [5, 5.41) is 3.01. The quantitative estimate of drug-likeness (QED) is 0.624. The maximum absolute atomic E-state index is 13.2. The summed E-state index contributed by atoms with van der Waals surface area (Å²) in [7, 11) is 3.93. The van der Waals surface area contributed by atoms with Crippen molar-refractivity contribution in [3.05, 3.63) is 95.3 Å². The van der Waals surface area contributed by atoms with Crippen LogP contribution in [-0.2, 0) is 6.54 Å². The molecule has 170 valence electrons. The van der Waals surface area contributed by atoms with Crippen molar-refractivity contribution in [1.29, 1.82) is 0 Å². The number of carbonyl (C=O) groups excluding carboxylic acids is 2. The van der Waals surface area contributed by atoms with Gasteiger partial charge in [0, 0.05) is 57.1 Å². The van der Waals surface area contributed by atoms with E-state index in [1.807, 2.05) is 84.6 Å². The summed E-state index contributed by atoms with van der Waals surface area (Å²) in [6.45, 7) is 1.73. The molecule has 33 heavy (non-hydrogen) atoms. The zero-order valence-electron chi connectivity index (χ0n) is 19.2. The standard InChI is InChI=1S/C27H30N4O2/c1-30(2)23-13-6-11-21(17-23)27(33)31-16-8-12-22(19-31)25-24(14-7-15-28-25)26(32)29-18-20-9-4-3-5-10-20/h3-7,9-11,13-15,17,22H,8,12,16,18-19H2,1-2H3,(H,29,32)/t22-/m0/s1. The van der Waals surface area contributed by atoms with Crippen molar-refractivity contribution in [2.45, 2.75) is 25.3 Å². The van der Waals surface area contributed by atoms with Gasteiger partial charge in [0.1, 0.15) is 0 Å². The van der Waals surface area contributed by atoms with Crippen molar-refractivity contribution >= 4 is 17.5 Å². The van der Waals surface area contributed by atoms with Crippen LogP contribution in [0.5, 0.6) is 0 Å². The van der Waals surface area contributed by atoms with E-state index in [1.165, 1.54) is 0 Å². The van der Waals surface area contributed by atoms with E-state index < -0.39 is 0 Å². The van der Waals surface area contributed by atoms with Gasteiger partial charge in [-0.25, -0.2) is 0 Å². The van der Waals surface area contributed by atoms with Crippen molar-refractivity contribution in [2.24, 2.45) is 0 Å². The van der Waals surface area contributed by atoms with Crippen molar-refractivity contribution in [3.8, 4) is 0 Å². The molecule has 1 aromatic heterocycles. The fraction of sp³-hybridized carbons (Fsp3) is 0.296. The highest BCUT2D eigenvalue weighted by Gasteiger charge is 2.29. The molecule has 0 aliphatic carbocycles. The first-order chi connectivity index (χ1) is 16.0. The molecule has 1 aliphatic heterocycles. The van der Waals surface area contributed by atoms with Gasteiger partial charge in [0.15, 0.2) is 0 Å². The first kappa shape index (κ1) is 22.5. The minimum Gasteiger partial charge on any atom is -0.378 e. The summed E-state index contributed by atoms with van der Waals surface area (Å²) in [4.78, 5) is 34.7. The van der Waals surface area contributed by atoms with Crippen molar-refractivity contribution < 1.29 is 9.59 Å². The van der Waals surface area contributed by atoms with E-state index in [1.54, 1.807) is 12.3 Å². The summed E-state index contributed by atoms with van der Waals surface area (Å²) in [6.07, 6.45) is 3.51. The molecule has 1 aliphatic rings. The molecule has 4 rings (SSSR count). The summed E-state index contributed by atoms with van der Waals surface area (Å²) >= 11 is 0. The molecule has 1 fully saturated rings. The predicted octanol–water partition coefficient (Wildman–Crippen LogP) is 4.10. The van der Waals surface area contributed by atoms with Crippen LogP contribution in [0.3, 0.4) is 0 Å². The third kappa shape index (κ3) is 5.40. The largest absolute Gasteiger partial charge is 0.378 e. The lowest BCUT2D eigenvalue weighted by molar-refractivity contribution is 0.0705. The molecule has 6 nitrogen and oxygen atoms in total. The van der Waals surface area contributed by atoms with Crippen LogP contribution < -0.4 is 10.2 Å². The number of hydrogen-bond donors (Lipinski definition) is 1. The number of rotatable bonds is 6. The van der Waals surface area contributed by atoms with Gasteiger partial charge in [-0.2, -0.15) is 0 Å². The van der Waals surface area contributed by atoms with Gasteiger partial charge >= 0.3 is 0 Å². The summed E-state index contributed by atoms with van der Waals surface area (Å²) in [6, 6.07) is 21.2. The zero-order chi connectivity index (χ0) is 23.2. The van der Waals surface area contributed by atoms with Crippen LogP contribution in [0.15, 0.2) is 72.9 Å². The maximum Gasteiger partial charge on any atom is 0.253 e. The predicted molar refractivity (Wildman–Crippen MR) is 130 cm³/mol. The average molecular weight is 443 g/mol. The number of anilines is 1. The monoisotopic (exact) mass is 442 g/mol. The van der Waals surface area contributed by atoms with Gasteiger partial charge in [-0.05, 0) is 48.7 Å². The van der Waals surface area contributed by atoms with E-state index in [0.29, 0.717) is 30.8 Å². The molecule has 2 aromatic carbocycles. The highest BCUT2D eigenvalue weighted by molar-refractivity contribution is 5.96. The van der Waals surface area contributed by atoms with Gasteiger partial charge in [-0.15, -0.1) is 0 Å². The van der Waals surface area contributed by atoms with E-state index in [0.717, 1.165) is 29.8 Å². The molecule has 0 unspecified atom stereocenters. The lowest BCUT2D eigenvalue weighted by atomic mass is 9.91. The van der Waals surface area contributed by atoms with Crippen LogP contribution in [0.1, 0.15) is 50.7 Å². The molecule has 1 N–H and O–H groups in total. The smallest absolute Gasteiger partial charge is 0.253 e. The van der Waals surface area contributed by atoms with Gasteiger partial charge in [-0.1, -0.05) is 36.4 Å². The van der Waals surface area contributed by atoms with E-state index in [2.05, 4.69) is 10.3 Å². The molecule has 0 radical (unpaired) electrons. The lowest BCUT2D eigenvalue weighted by Gasteiger charge is -2.33. The first-order valence-electron chi connectivity index (χ1n) is 11.4. The molecule has 1 saturated heterocycles. The number of amides is 2. The summed E-state index contributed by atoms with van der Waals surface area (Å²) in [5.74, 6) is -0.0862. The Morgan fingerprint density at radius 1 is 1.06 bits per heavy atom. The number of aromatic nitrogens is 1. The summed E-state index contributed by atoms with van der Waals surface area (Å²) < 4.78 is 0. The number of likely N-dealkylation sites (tertiary alicyclic amines) is 1. The molecule has 2 heterocycles. The molecular weight excluding hydrogens is 412 g/mol. The van der Waals surface area contributed by atoms with Gasteiger partial charge in [0.2, 0.25) is 0 Å². The number of nitrogens with one attached hydrogen (secondary N) is 1. The van der Waals surface area contributed by atoms with Crippen LogP contribution in [0, 0.1) is 0 Å². The lowest BCUT2D eigenvalue weighted by Crippen LogP contribution is -2.40. The van der Waals surface area contributed by atoms with Crippen molar-refractivity contribution in [2.75, 3.05) is 32.1 Å². The second-order valence-corrected chi connectivity index (χ2v) is 8.64. The molecule has 2 amide bonds. The Bertz CT molecular complexity index is 1110. The van der Waals surface area contributed by atoms with Crippen LogP contribution in [-0.4, -0.2) is 48.9 Å². The Morgan fingerprint density at radius 2 is 1.88 bits per heavy atom. The number of carbonyl (C=O) groups is 2. The molecule has 0 bridgehead atoms. The topological polar surface area (TPSA) is 65.5 Å². The Kier molecular flexibility index (Phi) is 7.03. The van der Waals surface area contributed by atoms with Gasteiger partial charge in [0.25, 0.3) is 11.8 Å². The van der Waals surface area contributed by atoms with Gasteiger partial charge in [-0.3, -0.25) is 14.6 Å². The second kappa shape index (κ2) is 10.3. The second-order valence-electron chi connectivity index (χ2n) is 8.64. The highest BCUT2D eigenvalue weighted by Crippen LogP contribution is 2.29. The van der Waals surface area contributed by atoms with Crippen LogP contribution >= 0.6 is 0 Å². The highest BCUT2D eigenvalue weighted by atomic mass is 16.2. The van der Waals surface area contributed by atoms with Gasteiger partial charge < -0.3 is 15.1 Å². The van der Waals surface area contributed by atoms with Crippen LogP contribution in [0.4, 0.5) is 5.69 Å². The number of benzene rings is 2. The summed E-state index contributed by atoms with van der Waals surface area (Å²) in [5.41, 5.74) is 4.08. The minimum atomic E-state index is -0.135. The van der Waals surface area contributed by atoms with Crippen LogP contribution in [0.2, 0.25) is 0 Å². The number of hydrogen-bond acceptors (Lipinski definition) is 4. The normalized spacial score (nSPS) is 15.7. The third-order valence-corrected chi connectivity index (χ3v) is 6.08.